The van der Waals surface area contributed by atoms with E-state index in [1.807, 2.05) is 36.6 Å². The number of aromatic nitrogens is 1. The van der Waals surface area contributed by atoms with Crippen LogP contribution in [0.15, 0.2) is 35.7 Å². The largest absolute Gasteiger partial charge is 0.297 e. The molecule has 0 spiro atoms. The maximum atomic E-state index is 12.2. The van der Waals surface area contributed by atoms with Gasteiger partial charge >= 0.3 is 0 Å². The van der Waals surface area contributed by atoms with E-state index in [2.05, 4.69) is 10.3 Å². The Morgan fingerprint density at radius 1 is 1.30 bits per heavy atom. The molecule has 1 aliphatic rings. The van der Waals surface area contributed by atoms with Gasteiger partial charge in [0.05, 0.1) is 22.5 Å². The molecule has 140 valence electrons. The summed E-state index contributed by atoms with van der Waals surface area (Å²) in [5.74, 6) is -0.164. The number of amides is 1. The van der Waals surface area contributed by atoms with Crippen LogP contribution in [0.2, 0.25) is 0 Å². The molecule has 0 aliphatic carbocycles. The molecule has 1 N–H and O–H groups in total. The average Bonchev–Trinajstić information content (AvgIpc) is 3.32. The van der Waals surface area contributed by atoms with Crippen molar-refractivity contribution in [3.63, 3.8) is 0 Å². The third-order valence-corrected chi connectivity index (χ3v) is 7.30. The number of fused-ring (bicyclic) bond motifs is 1. The number of rotatable bonds is 4. The number of benzene rings is 1. The van der Waals surface area contributed by atoms with Crippen LogP contribution in [0.1, 0.15) is 20.1 Å². The summed E-state index contributed by atoms with van der Waals surface area (Å²) in [6.45, 7) is 2.43. The van der Waals surface area contributed by atoms with E-state index >= 15 is 0 Å². The van der Waals surface area contributed by atoms with E-state index in [0.717, 1.165) is 27.4 Å². The molecule has 0 fully saturated rings. The van der Waals surface area contributed by atoms with E-state index < -0.39 is 10.0 Å². The van der Waals surface area contributed by atoms with E-state index in [-0.39, 0.29) is 5.91 Å². The van der Waals surface area contributed by atoms with Crippen LogP contribution in [0.25, 0.3) is 11.3 Å². The van der Waals surface area contributed by atoms with Gasteiger partial charge in [-0.2, -0.15) is 0 Å². The van der Waals surface area contributed by atoms with E-state index in [1.165, 1.54) is 33.2 Å². The van der Waals surface area contributed by atoms with Crippen LogP contribution in [0, 0.1) is 6.92 Å². The molecule has 4 rings (SSSR count). The van der Waals surface area contributed by atoms with E-state index in [0.29, 0.717) is 23.0 Å². The maximum absolute atomic E-state index is 12.2. The average molecular weight is 420 g/mol. The van der Waals surface area contributed by atoms with Crippen molar-refractivity contribution >= 4 is 49.4 Å². The molecule has 0 atom stereocenters. The third kappa shape index (κ3) is 3.50. The van der Waals surface area contributed by atoms with Crippen LogP contribution in [0.5, 0.6) is 0 Å². The zero-order valence-corrected chi connectivity index (χ0v) is 17.2. The van der Waals surface area contributed by atoms with Gasteiger partial charge in [-0.3, -0.25) is 14.4 Å². The van der Waals surface area contributed by atoms with Crippen LogP contribution >= 0.6 is 22.7 Å². The summed E-state index contributed by atoms with van der Waals surface area (Å²) in [6.07, 6.45) is 1.91. The molecule has 0 radical (unpaired) electrons. The molecule has 0 saturated carbocycles. The lowest BCUT2D eigenvalue weighted by atomic mass is 10.1. The standard InChI is InChI=1S/C18H17N3O3S3/c1-11-16(19-18(26-11)20-17(22)15-4-3-9-25-15)13-5-6-14-12(10-13)7-8-21(14)27(2,23)24/h3-6,9-10H,7-8H2,1-2H3,(H,19,20,22). The molecule has 0 bridgehead atoms. The van der Waals surface area contributed by atoms with Crippen LogP contribution in [0.3, 0.4) is 0 Å². The third-order valence-electron chi connectivity index (χ3n) is 4.37. The highest BCUT2D eigenvalue weighted by molar-refractivity contribution is 7.92. The number of carbonyl (C=O) groups is 1. The fourth-order valence-corrected chi connectivity index (χ4v) is 5.56. The molecular formula is C18H17N3O3S3. The second-order valence-corrected chi connectivity index (χ2v) is 10.3. The number of hydrogen-bond acceptors (Lipinski definition) is 6. The van der Waals surface area contributed by atoms with E-state index in [9.17, 15) is 13.2 Å². The minimum Gasteiger partial charge on any atom is -0.297 e. The Balaban J connectivity index is 1.62. The first-order chi connectivity index (χ1) is 12.8. The van der Waals surface area contributed by atoms with Crippen LogP contribution < -0.4 is 9.62 Å². The molecule has 0 saturated heterocycles. The van der Waals surface area contributed by atoms with Crippen LogP contribution in [0.4, 0.5) is 10.8 Å². The summed E-state index contributed by atoms with van der Waals surface area (Å²) in [5.41, 5.74) is 3.46. The molecule has 0 unspecified atom stereocenters. The van der Waals surface area contributed by atoms with Gasteiger partial charge in [0, 0.05) is 17.0 Å². The second kappa shape index (κ2) is 6.74. The quantitative estimate of drug-likeness (QED) is 0.698. The Kier molecular flexibility index (Phi) is 4.53. The van der Waals surface area contributed by atoms with Gasteiger partial charge in [0.15, 0.2) is 5.13 Å². The summed E-state index contributed by atoms with van der Waals surface area (Å²) in [7, 11) is -3.26. The first-order valence-corrected chi connectivity index (χ1v) is 11.8. The molecule has 1 aromatic carbocycles. The van der Waals surface area contributed by atoms with Gasteiger partial charge in [-0.05, 0) is 42.5 Å². The first-order valence-electron chi connectivity index (χ1n) is 8.26. The SMILES string of the molecule is Cc1sc(NC(=O)c2cccs2)nc1-c1ccc2c(c1)CCN2S(C)(=O)=O. The number of nitrogens with zero attached hydrogens (tertiary/aromatic N) is 2. The van der Waals surface area contributed by atoms with Crippen molar-refractivity contribution in [2.75, 3.05) is 22.4 Å². The number of nitrogens with one attached hydrogen (secondary N) is 1. The maximum Gasteiger partial charge on any atom is 0.267 e. The van der Waals surface area contributed by atoms with Crippen molar-refractivity contribution in [1.82, 2.24) is 4.98 Å². The minimum absolute atomic E-state index is 0.164. The summed E-state index contributed by atoms with van der Waals surface area (Å²) >= 11 is 2.81. The van der Waals surface area contributed by atoms with Crippen molar-refractivity contribution < 1.29 is 13.2 Å². The summed E-state index contributed by atoms with van der Waals surface area (Å²) in [5, 5.41) is 5.26. The topological polar surface area (TPSA) is 79.4 Å². The molecule has 3 heterocycles. The molecule has 9 heteroatoms. The lowest BCUT2D eigenvalue weighted by Gasteiger charge is -2.16. The zero-order chi connectivity index (χ0) is 19.2. The van der Waals surface area contributed by atoms with Gasteiger partial charge in [-0.1, -0.05) is 12.1 Å². The lowest BCUT2D eigenvalue weighted by Crippen LogP contribution is -2.27. The highest BCUT2D eigenvalue weighted by atomic mass is 32.2. The van der Waals surface area contributed by atoms with Gasteiger partial charge in [-0.15, -0.1) is 22.7 Å². The highest BCUT2D eigenvalue weighted by Crippen LogP contribution is 2.36. The molecular weight excluding hydrogens is 402 g/mol. The fourth-order valence-electron chi connectivity index (χ4n) is 3.15. The summed E-state index contributed by atoms with van der Waals surface area (Å²) < 4.78 is 25.2. The molecule has 3 aromatic rings. The summed E-state index contributed by atoms with van der Waals surface area (Å²) in [6, 6.07) is 9.32. The Labute approximate surface area is 165 Å². The van der Waals surface area contributed by atoms with E-state index in [4.69, 9.17) is 0 Å². The number of thiophene rings is 1. The van der Waals surface area contributed by atoms with Gasteiger partial charge < -0.3 is 0 Å². The number of thiazole rings is 1. The second-order valence-electron chi connectivity index (χ2n) is 6.28. The van der Waals surface area contributed by atoms with E-state index in [1.54, 1.807) is 6.07 Å². The van der Waals surface area contributed by atoms with Crippen molar-refractivity contribution in [3.05, 3.63) is 51.0 Å². The smallest absolute Gasteiger partial charge is 0.267 e. The van der Waals surface area contributed by atoms with Crippen molar-refractivity contribution in [3.8, 4) is 11.3 Å². The normalized spacial score (nSPS) is 13.6. The number of aryl methyl sites for hydroxylation is 1. The molecule has 27 heavy (non-hydrogen) atoms. The van der Waals surface area contributed by atoms with Gasteiger partial charge in [-0.25, -0.2) is 13.4 Å². The number of hydrogen-bond donors (Lipinski definition) is 1. The highest BCUT2D eigenvalue weighted by Gasteiger charge is 2.26. The monoisotopic (exact) mass is 419 g/mol. The van der Waals surface area contributed by atoms with Gasteiger partial charge in [0.1, 0.15) is 0 Å². The van der Waals surface area contributed by atoms with Gasteiger partial charge in [0.2, 0.25) is 10.0 Å². The Bertz CT molecular complexity index is 1120. The number of anilines is 2. The molecule has 6 nitrogen and oxygen atoms in total. The minimum atomic E-state index is -3.26. The van der Waals surface area contributed by atoms with Gasteiger partial charge in [0.25, 0.3) is 5.91 Å². The van der Waals surface area contributed by atoms with Crippen molar-refractivity contribution in [1.29, 1.82) is 0 Å². The molecule has 1 amide bonds. The number of carbonyl (C=O) groups excluding carboxylic acids is 1. The predicted molar refractivity (Wildman–Crippen MR) is 110 cm³/mol. The fraction of sp³-hybridized carbons (Fsp3) is 0.222. The predicted octanol–water partition coefficient (Wildman–Crippen LogP) is 3.75. The Morgan fingerprint density at radius 2 is 2.11 bits per heavy atom. The Morgan fingerprint density at radius 3 is 2.81 bits per heavy atom. The van der Waals surface area contributed by atoms with Crippen molar-refractivity contribution in [2.45, 2.75) is 13.3 Å². The summed E-state index contributed by atoms with van der Waals surface area (Å²) in [4.78, 5) is 18.4. The van der Waals surface area contributed by atoms with Crippen molar-refractivity contribution in [2.24, 2.45) is 0 Å². The molecule has 1 aliphatic heterocycles. The molecule has 2 aromatic heterocycles. The lowest BCUT2D eigenvalue weighted by molar-refractivity contribution is 0.103. The Hall–Kier alpha value is -2.23. The first kappa shape index (κ1) is 18.1. The van der Waals surface area contributed by atoms with Crippen LogP contribution in [-0.2, 0) is 16.4 Å². The van der Waals surface area contributed by atoms with Crippen LogP contribution in [-0.4, -0.2) is 32.1 Å². The zero-order valence-electron chi connectivity index (χ0n) is 14.7. The number of sulfonamides is 1.